The Morgan fingerprint density at radius 1 is 1.32 bits per heavy atom. The van der Waals surface area contributed by atoms with Crippen LogP contribution in [0.4, 0.5) is 5.69 Å². The van der Waals surface area contributed by atoms with Crippen LogP contribution in [0.1, 0.15) is 49.3 Å². The molecular formula is C23H25N5O2S. The Morgan fingerprint density at radius 2 is 2.10 bits per heavy atom. The van der Waals surface area contributed by atoms with Crippen molar-refractivity contribution in [2.45, 2.75) is 56.0 Å². The Morgan fingerprint density at radius 3 is 2.74 bits per heavy atom. The smallest absolute Gasteiger partial charge is 0.240 e. The summed E-state index contributed by atoms with van der Waals surface area (Å²) in [5, 5.41) is 18.2. The quantitative estimate of drug-likeness (QED) is 0.459. The van der Waals surface area contributed by atoms with Gasteiger partial charge < -0.3 is 9.32 Å². The number of amides is 1. The van der Waals surface area contributed by atoms with E-state index in [9.17, 15) is 4.79 Å². The van der Waals surface area contributed by atoms with Crippen molar-refractivity contribution >= 4 is 23.4 Å². The third-order valence-electron chi connectivity index (χ3n) is 5.27. The monoisotopic (exact) mass is 435 g/mol. The van der Waals surface area contributed by atoms with Gasteiger partial charge in [0.1, 0.15) is 11.6 Å². The van der Waals surface area contributed by atoms with Gasteiger partial charge in [-0.3, -0.25) is 9.36 Å². The highest BCUT2D eigenvalue weighted by Gasteiger charge is 2.32. The van der Waals surface area contributed by atoms with Crippen molar-refractivity contribution in [3.05, 3.63) is 59.8 Å². The summed E-state index contributed by atoms with van der Waals surface area (Å²) in [4.78, 5) is 15.0. The molecule has 1 aliphatic rings. The number of hydrogen-bond donors (Lipinski definition) is 0. The van der Waals surface area contributed by atoms with Crippen molar-refractivity contribution < 1.29 is 9.21 Å². The number of aryl methyl sites for hydroxylation is 1. The van der Waals surface area contributed by atoms with Crippen LogP contribution in [0.15, 0.2) is 52.2 Å². The van der Waals surface area contributed by atoms with Crippen molar-refractivity contribution in [2.75, 3.05) is 11.4 Å². The van der Waals surface area contributed by atoms with E-state index in [2.05, 4.69) is 20.8 Å². The molecule has 2 heterocycles. The lowest BCUT2D eigenvalue weighted by molar-refractivity contribution is -0.117. The third-order valence-corrected chi connectivity index (χ3v) is 6.34. The molecule has 0 N–H and O–H groups in total. The molecule has 1 atom stereocenters. The van der Waals surface area contributed by atoms with Crippen molar-refractivity contribution in [2.24, 2.45) is 0 Å². The zero-order valence-corrected chi connectivity index (χ0v) is 18.5. The van der Waals surface area contributed by atoms with Gasteiger partial charge in [-0.2, -0.15) is 5.26 Å². The van der Waals surface area contributed by atoms with Gasteiger partial charge in [0.15, 0.2) is 5.16 Å². The van der Waals surface area contributed by atoms with E-state index < -0.39 is 0 Å². The zero-order valence-electron chi connectivity index (χ0n) is 17.7. The number of hydrogen-bond acceptors (Lipinski definition) is 6. The minimum absolute atomic E-state index is 0.0513. The molecule has 0 spiro atoms. The highest BCUT2D eigenvalue weighted by Crippen LogP contribution is 2.40. The van der Waals surface area contributed by atoms with Crippen LogP contribution in [0.3, 0.4) is 0 Å². The number of nitriles is 1. The van der Waals surface area contributed by atoms with Gasteiger partial charge in [-0.05, 0) is 51.0 Å². The van der Waals surface area contributed by atoms with Gasteiger partial charge in [-0.1, -0.05) is 29.5 Å². The lowest BCUT2D eigenvalue weighted by Gasteiger charge is -2.25. The number of furan rings is 1. The number of aromatic nitrogens is 3. The van der Waals surface area contributed by atoms with E-state index in [0.717, 1.165) is 35.7 Å². The van der Waals surface area contributed by atoms with Gasteiger partial charge in [-0.15, -0.1) is 10.2 Å². The molecule has 1 amide bonds. The van der Waals surface area contributed by atoms with Crippen LogP contribution in [-0.2, 0) is 11.3 Å². The first-order chi connectivity index (χ1) is 15.1. The van der Waals surface area contributed by atoms with Gasteiger partial charge in [-0.25, -0.2) is 0 Å². The number of anilines is 1. The standard InChI is InChI=1S/C23H25N5O2S/c1-16-6-10-19(11-7-16)27(13-4-12-24)22(29)17(2)31-23-26-25-21(18-8-9-18)28(23)15-20-5-3-14-30-20/h3,5-7,10-11,14,17-18H,4,8-9,13,15H2,1-2H3. The SMILES string of the molecule is Cc1ccc(N(CCC#N)C(=O)C(C)Sc2nnc(C3CC3)n2Cc2ccco2)cc1. The molecule has 7 nitrogen and oxygen atoms in total. The lowest BCUT2D eigenvalue weighted by Crippen LogP contribution is -2.37. The van der Waals surface area contributed by atoms with Crippen LogP contribution < -0.4 is 4.90 Å². The van der Waals surface area contributed by atoms with E-state index in [1.54, 1.807) is 11.2 Å². The van der Waals surface area contributed by atoms with Gasteiger partial charge in [0.2, 0.25) is 5.91 Å². The molecule has 4 rings (SSSR count). The average Bonchev–Trinajstić information content (AvgIpc) is 3.34. The Bertz CT molecular complexity index is 1060. The van der Waals surface area contributed by atoms with Crippen LogP contribution in [0.5, 0.6) is 0 Å². The van der Waals surface area contributed by atoms with Crippen LogP contribution >= 0.6 is 11.8 Å². The molecule has 31 heavy (non-hydrogen) atoms. The Balaban J connectivity index is 1.54. The van der Waals surface area contributed by atoms with E-state index in [1.807, 2.05) is 50.2 Å². The molecular weight excluding hydrogens is 410 g/mol. The van der Waals surface area contributed by atoms with Crippen molar-refractivity contribution in [1.82, 2.24) is 14.8 Å². The summed E-state index contributed by atoms with van der Waals surface area (Å²) in [5.74, 6) is 2.17. The van der Waals surface area contributed by atoms with E-state index in [1.165, 1.54) is 11.8 Å². The highest BCUT2D eigenvalue weighted by atomic mass is 32.2. The van der Waals surface area contributed by atoms with E-state index in [-0.39, 0.29) is 17.6 Å². The summed E-state index contributed by atoms with van der Waals surface area (Å²) in [6, 6.07) is 13.7. The number of carbonyl (C=O) groups is 1. The maximum atomic E-state index is 13.3. The number of nitrogens with zero attached hydrogens (tertiary/aromatic N) is 5. The second kappa shape index (κ2) is 9.40. The second-order valence-corrected chi connectivity index (χ2v) is 9.08. The molecule has 0 aliphatic heterocycles. The van der Waals surface area contributed by atoms with Gasteiger partial charge in [0, 0.05) is 18.2 Å². The largest absolute Gasteiger partial charge is 0.467 e. The predicted molar refractivity (Wildman–Crippen MR) is 119 cm³/mol. The Kier molecular flexibility index (Phi) is 6.42. The van der Waals surface area contributed by atoms with Crippen LogP contribution in [0, 0.1) is 18.3 Å². The van der Waals surface area contributed by atoms with Gasteiger partial charge >= 0.3 is 0 Å². The fraction of sp³-hybridized carbons (Fsp3) is 0.391. The number of benzene rings is 1. The van der Waals surface area contributed by atoms with E-state index >= 15 is 0 Å². The molecule has 2 aromatic heterocycles. The molecule has 8 heteroatoms. The van der Waals surface area contributed by atoms with Crippen LogP contribution in [0.25, 0.3) is 0 Å². The van der Waals surface area contributed by atoms with Crippen molar-refractivity contribution in [3.8, 4) is 6.07 Å². The summed E-state index contributed by atoms with van der Waals surface area (Å²) < 4.78 is 7.59. The van der Waals surface area contributed by atoms with Gasteiger partial charge in [0.25, 0.3) is 0 Å². The molecule has 1 fully saturated rings. The van der Waals surface area contributed by atoms with Crippen molar-refractivity contribution in [1.29, 1.82) is 5.26 Å². The van der Waals surface area contributed by atoms with E-state index in [4.69, 9.17) is 9.68 Å². The maximum Gasteiger partial charge on any atom is 0.240 e. The number of thioether (sulfide) groups is 1. The second-order valence-electron chi connectivity index (χ2n) is 7.77. The van der Waals surface area contributed by atoms with E-state index in [0.29, 0.717) is 24.2 Å². The van der Waals surface area contributed by atoms with Crippen molar-refractivity contribution in [3.63, 3.8) is 0 Å². The summed E-state index contributed by atoms with van der Waals surface area (Å²) in [7, 11) is 0. The lowest BCUT2D eigenvalue weighted by atomic mass is 10.2. The first-order valence-electron chi connectivity index (χ1n) is 10.4. The Labute approximate surface area is 186 Å². The molecule has 3 aromatic rings. The fourth-order valence-corrected chi connectivity index (χ4v) is 4.34. The van der Waals surface area contributed by atoms with Crippen LogP contribution in [0.2, 0.25) is 0 Å². The highest BCUT2D eigenvalue weighted by molar-refractivity contribution is 8.00. The minimum Gasteiger partial charge on any atom is -0.467 e. The predicted octanol–water partition coefficient (Wildman–Crippen LogP) is 4.53. The molecule has 1 aromatic carbocycles. The topological polar surface area (TPSA) is 88.0 Å². The molecule has 1 saturated carbocycles. The van der Waals surface area contributed by atoms with Crippen LogP contribution in [-0.4, -0.2) is 32.5 Å². The summed E-state index contributed by atoms with van der Waals surface area (Å²) in [5.41, 5.74) is 1.92. The molecule has 0 bridgehead atoms. The first-order valence-corrected chi connectivity index (χ1v) is 11.3. The summed E-state index contributed by atoms with van der Waals surface area (Å²) in [6.45, 7) is 4.79. The molecule has 0 saturated heterocycles. The number of rotatable bonds is 9. The molecule has 1 aliphatic carbocycles. The fourth-order valence-electron chi connectivity index (χ4n) is 3.42. The normalized spacial score (nSPS) is 14.2. The average molecular weight is 436 g/mol. The summed E-state index contributed by atoms with van der Waals surface area (Å²) >= 11 is 1.40. The summed E-state index contributed by atoms with van der Waals surface area (Å²) in [6.07, 6.45) is 4.16. The third kappa shape index (κ3) is 5.00. The Hall–Kier alpha value is -3.05. The zero-order chi connectivity index (χ0) is 21.8. The molecule has 0 radical (unpaired) electrons. The van der Waals surface area contributed by atoms with Gasteiger partial charge in [0.05, 0.1) is 30.5 Å². The number of carbonyl (C=O) groups excluding carboxylic acids is 1. The maximum absolute atomic E-state index is 13.3. The molecule has 1 unspecified atom stereocenters. The minimum atomic E-state index is -0.383. The molecule has 160 valence electrons. The first kappa shape index (κ1) is 21.2.